The molecule has 0 spiro atoms. The molecule has 1 unspecified atom stereocenters. The number of nitrogens with two attached hydrogens (primary N) is 1. The van der Waals surface area contributed by atoms with Crippen LogP contribution in [0.5, 0.6) is 0 Å². The highest BCUT2D eigenvalue weighted by atomic mass is 35.5. The maximum atomic E-state index is 12.8. The third-order valence-corrected chi connectivity index (χ3v) is 6.05. The van der Waals surface area contributed by atoms with Crippen LogP contribution in [0.3, 0.4) is 0 Å². The van der Waals surface area contributed by atoms with Gasteiger partial charge in [-0.3, -0.25) is 4.79 Å². The third kappa shape index (κ3) is 5.91. The fourth-order valence-electron chi connectivity index (χ4n) is 3.57. The summed E-state index contributed by atoms with van der Waals surface area (Å²) < 4.78 is 5.58. The first-order valence-electron chi connectivity index (χ1n) is 9.21. The first-order valence-corrected chi connectivity index (χ1v) is 10.1. The molecule has 2 aromatic rings. The number of carbonyl (C=O) groups excluding carboxylic acids is 1. The fraction of sp³-hybridized carbons (Fsp3) is 0.500. The van der Waals surface area contributed by atoms with Crippen LogP contribution in [0.1, 0.15) is 42.1 Å². The standard InChI is InChI=1S/C20H27N3O2S.2ClH/c1-3-25-14(2)20-22-17(13-26-20)9-19(24)23-11-16(10-21)18(12-23)15-7-5-4-6-8-15;;/h4-8,13-14,16,18H,3,9-12,21H2,1-2H3;2*1H/t14?,16-,18+;;/m1../s1. The van der Waals surface area contributed by atoms with Crippen molar-refractivity contribution in [3.63, 3.8) is 0 Å². The largest absolute Gasteiger partial charge is 0.372 e. The minimum Gasteiger partial charge on any atom is -0.372 e. The van der Waals surface area contributed by atoms with Crippen molar-refractivity contribution in [3.05, 3.63) is 52.0 Å². The quantitative estimate of drug-likeness (QED) is 0.702. The van der Waals surface area contributed by atoms with Crippen LogP contribution in [-0.2, 0) is 16.0 Å². The normalized spacial score (nSPS) is 19.6. The smallest absolute Gasteiger partial charge is 0.228 e. The highest BCUT2D eigenvalue weighted by Crippen LogP contribution is 2.32. The molecule has 1 amide bonds. The van der Waals surface area contributed by atoms with Gasteiger partial charge in [-0.2, -0.15) is 0 Å². The molecule has 0 radical (unpaired) electrons. The molecule has 5 nitrogen and oxygen atoms in total. The Morgan fingerprint density at radius 3 is 2.68 bits per heavy atom. The van der Waals surface area contributed by atoms with E-state index in [1.54, 1.807) is 11.3 Å². The van der Waals surface area contributed by atoms with E-state index >= 15 is 0 Å². The van der Waals surface area contributed by atoms with Gasteiger partial charge in [0.1, 0.15) is 11.1 Å². The van der Waals surface area contributed by atoms with E-state index in [0.717, 1.165) is 23.8 Å². The van der Waals surface area contributed by atoms with Crippen molar-refractivity contribution in [2.45, 2.75) is 32.3 Å². The molecule has 28 heavy (non-hydrogen) atoms. The molecule has 8 heteroatoms. The molecule has 0 saturated carbocycles. The molecule has 1 aromatic carbocycles. The predicted molar refractivity (Wildman–Crippen MR) is 119 cm³/mol. The lowest BCUT2D eigenvalue weighted by Crippen LogP contribution is -2.31. The average molecular weight is 446 g/mol. The molecule has 0 bridgehead atoms. The first-order chi connectivity index (χ1) is 12.6. The van der Waals surface area contributed by atoms with Gasteiger partial charge in [0.2, 0.25) is 5.91 Å². The second-order valence-electron chi connectivity index (χ2n) is 6.76. The van der Waals surface area contributed by atoms with E-state index < -0.39 is 0 Å². The van der Waals surface area contributed by atoms with Gasteiger partial charge in [0.25, 0.3) is 0 Å². The van der Waals surface area contributed by atoms with Gasteiger partial charge in [0, 0.05) is 31.0 Å². The summed E-state index contributed by atoms with van der Waals surface area (Å²) in [6, 6.07) is 10.4. The zero-order chi connectivity index (χ0) is 18.5. The average Bonchev–Trinajstić information content (AvgIpc) is 3.29. The summed E-state index contributed by atoms with van der Waals surface area (Å²) in [4.78, 5) is 19.3. The number of nitrogens with zero attached hydrogens (tertiary/aromatic N) is 2. The van der Waals surface area contributed by atoms with E-state index in [1.807, 2.05) is 42.3 Å². The second kappa shape index (κ2) is 11.7. The van der Waals surface area contributed by atoms with E-state index in [4.69, 9.17) is 10.5 Å². The lowest BCUT2D eigenvalue weighted by molar-refractivity contribution is -0.129. The van der Waals surface area contributed by atoms with Crippen molar-refractivity contribution >= 4 is 42.1 Å². The topological polar surface area (TPSA) is 68.5 Å². The van der Waals surface area contributed by atoms with Crippen molar-refractivity contribution in [1.29, 1.82) is 0 Å². The maximum absolute atomic E-state index is 12.8. The Bertz CT molecular complexity index is 729. The molecule has 1 fully saturated rings. The van der Waals surface area contributed by atoms with Gasteiger partial charge in [-0.25, -0.2) is 4.98 Å². The Hall–Kier alpha value is -1.18. The van der Waals surface area contributed by atoms with Gasteiger partial charge in [0.15, 0.2) is 0 Å². The Balaban J connectivity index is 0.00000196. The minimum absolute atomic E-state index is 0. The van der Waals surface area contributed by atoms with Crippen LogP contribution < -0.4 is 5.73 Å². The minimum atomic E-state index is -0.0234. The number of ether oxygens (including phenoxy) is 1. The lowest BCUT2D eigenvalue weighted by Gasteiger charge is -2.16. The molecule has 1 saturated heterocycles. The van der Waals surface area contributed by atoms with Crippen molar-refractivity contribution < 1.29 is 9.53 Å². The Kier molecular flexibility index (Phi) is 10.4. The Morgan fingerprint density at radius 2 is 2.04 bits per heavy atom. The van der Waals surface area contributed by atoms with Gasteiger partial charge in [-0.05, 0) is 31.9 Å². The number of amides is 1. The monoisotopic (exact) mass is 445 g/mol. The summed E-state index contributed by atoms with van der Waals surface area (Å²) in [5, 5.41) is 2.89. The summed E-state index contributed by atoms with van der Waals surface area (Å²) in [6.07, 6.45) is 0.318. The summed E-state index contributed by atoms with van der Waals surface area (Å²) >= 11 is 1.56. The van der Waals surface area contributed by atoms with Crippen LogP contribution in [0.15, 0.2) is 35.7 Å². The molecule has 1 aliphatic heterocycles. The Morgan fingerprint density at radius 1 is 1.32 bits per heavy atom. The van der Waals surface area contributed by atoms with Crippen molar-refractivity contribution in [2.75, 3.05) is 26.2 Å². The fourth-order valence-corrected chi connectivity index (χ4v) is 4.39. The number of hydrogen-bond donors (Lipinski definition) is 1. The number of benzene rings is 1. The summed E-state index contributed by atoms with van der Waals surface area (Å²) in [5.41, 5.74) is 8.07. The lowest BCUT2D eigenvalue weighted by atomic mass is 9.89. The summed E-state index contributed by atoms with van der Waals surface area (Å²) in [7, 11) is 0. The number of carbonyl (C=O) groups is 1. The van der Waals surface area contributed by atoms with Gasteiger partial charge in [-0.15, -0.1) is 36.2 Å². The van der Waals surface area contributed by atoms with Gasteiger partial charge < -0.3 is 15.4 Å². The SMILES string of the molecule is CCOC(C)c1nc(CC(=O)N2C[C@@H](CN)[C@H](c3ccccc3)C2)cs1.Cl.Cl. The van der Waals surface area contributed by atoms with Gasteiger partial charge >= 0.3 is 0 Å². The number of thiazole rings is 1. The number of halogens is 2. The van der Waals surface area contributed by atoms with Gasteiger partial charge in [-0.1, -0.05) is 30.3 Å². The van der Waals surface area contributed by atoms with Crippen molar-refractivity contribution in [1.82, 2.24) is 9.88 Å². The molecule has 3 atom stereocenters. The maximum Gasteiger partial charge on any atom is 0.228 e. The predicted octanol–water partition coefficient (Wildman–Crippen LogP) is 3.83. The molecule has 3 rings (SSSR count). The third-order valence-electron chi connectivity index (χ3n) is 4.99. The molecule has 156 valence electrons. The highest BCUT2D eigenvalue weighted by Gasteiger charge is 2.35. The van der Waals surface area contributed by atoms with Crippen LogP contribution in [0.4, 0.5) is 0 Å². The van der Waals surface area contributed by atoms with E-state index in [9.17, 15) is 4.79 Å². The number of hydrogen-bond acceptors (Lipinski definition) is 5. The van der Waals surface area contributed by atoms with E-state index in [1.165, 1.54) is 5.56 Å². The summed E-state index contributed by atoms with van der Waals surface area (Å²) in [6.45, 7) is 6.67. The second-order valence-corrected chi connectivity index (χ2v) is 7.65. The number of aromatic nitrogens is 1. The highest BCUT2D eigenvalue weighted by molar-refractivity contribution is 7.09. The molecule has 0 aliphatic carbocycles. The molecule has 1 aliphatic rings. The molecular weight excluding hydrogens is 417 g/mol. The number of rotatable bonds is 7. The molecule has 1 aromatic heterocycles. The van der Waals surface area contributed by atoms with E-state index in [0.29, 0.717) is 31.4 Å². The van der Waals surface area contributed by atoms with E-state index in [-0.39, 0.29) is 36.8 Å². The number of likely N-dealkylation sites (tertiary alicyclic amines) is 1. The molecular formula is C20H29Cl2N3O2S. The van der Waals surface area contributed by atoms with Gasteiger partial charge in [0.05, 0.1) is 12.1 Å². The van der Waals surface area contributed by atoms with E-state index in [2.05, 4.69) is 17.1 Å². The van der Waals surface area contributed by atoms with Crippen LogP contribution >= 0.6 is 36.2 Å². The molecule has 2 heterocycles. The molecule has 2 N–H and O–H groups in total. The van der Waals surface area contributed by atoms with Crippen LogP contribution in [0.2, 0.25) is 0 Å². The first kappa shape index (κ1) is 24.9. The zero-order valence-electron chi connectivity index (χ0n) is 16.2. The van der Waals surface area contributed by atoms with Crippen LogP contribution in [-0.4, -0.2) is 42.0 Å². The summed E-state index contributed by atoms with van der Waals surface area (Å²) in [5.74, 6) is 0.752. The van der Waals surface area contributed by atoms with Crippen LogP contribution in [0.25, 0.3) is 0 Å². The zero-order valence-corrected chi connectivity index (χ0v) is 18.7. The van der Waals surface area contributed by atoms with Crippen molar-refractivity contribution in [2.24, 2.45) is 11.7 Å². The van der Waals surface area contributed by atoms with Crippen LogP contribution in [0, 0.1) is 5.92 Å². The Labute approximate surface area is 183 Å². The van der Waals surface area contributed by atoms with Crippen molar-refractivity contribution in [3.8, 4) is 0 Å².